The molecule has 1 N–H and O–H groups in total. The number of rotatable bonds is 3. The summed E-state index contributed by atoms with van der Waals surface area (Å²) in [4.78, 5) is 25.8. The fourth-order valence-electron chi connectivity index (χ4n) is 6.16. The number of hydrogen-bond acceptors (Lipinski definition) is 2. The summed E-state index contributed by atoms with van der Waals surface area (Å²) in [6, 6.07) is 0. The minimum Gasteiger partial charge on any atom is -0.355 e. The van der Waals surface area contributed by atoms with Gasteiger partial charge in [-0.05, 0) is 61.7 Å². The highest BCUT2D eigenvalue weighted by molar-refractivity contribution is 5.89. The lowest BCUT2D eigenvalue weighted by molar-refractivity contribution is -0.139. The van der Waals surface area contributed by atoms with Gasteiger partial charge in [-0.3, -0.25) is 9.59 Å². The van der Waals surface area contributed by atoms with Gasteiger partial charge in [-0.15, -0.1) is 0 Å². The predicted octanol–water partition coefficient (Wildman–Crippen LogP) is 1.80. The molecule has 5 aliphatic rings. The molecule has 116 valence electrons. The zero-order valence-electron chi connectivity index (χ0n) is 12.9. The molecular weight excluding hydrogens is 264 g/mol. The van der Waals surface area contributed by atoms with E-state index in [1.807, 2.05) is 11.9 Å². The van der Waals surface area contributed by atoms with Crippen molar-refractivity contribution >= 4 is 11.8 Å². The van der Waals surface area contributed by atoms with Crippen LogP contribution in [-0.2, 0) is 9.59 Å². The highest BCUT2D eigenvalue weighted by Crippen LogP contribution is 2.60. The van der Waals surface area contributed by atoms with Crippen molar-refractivity contribution in [2.45, 2.75) is 44.9 Å². The van der Waals surface area contributed by atoms with Crippen LogP contribution in [0, 0.1) is 29.1 Å². The summed E-state index contributed by atoms with van der Waals surface area (Å²) in [5.74, 6) is 2.84. The van der Waals surface area contributed by atoms with Gasteiger partial charge in [-0.25, -0.2) is 0 Å². The molecule has 1 heterocycles. The van der Waals surface area contributed by atoms with Crippen molar-refractivity contribution in [3.05, 3.63) is 0 Å². The molecule has 4 aliphatic carbocycles. The second kappa shape index (κ2) is 4.72. The SMILES string of the molecule is CN(CC12CC3CC(CC(C3)C1)C2)C(=O)C1CNC(=O)C1. The molecule has 1 saturated heterocycles. The van der Waals surface area contributed by atoms with Crippen LogP contribution in [0.5, 0.6) is 0 Å². The summed E-state index contributed by atoms with van der Waals surface area (Å²) < 4.78 is 0. The van der Waals surface area contributed by atoms with Crippen molar-refractivity contribution in [2.24, 2.45) is 29.1 Å². The van der Waals surface area contributed by atoms with E-state index < -0.39 is 0 Å². The van der Waals surface area contributed by atoms with Crippen molar-refractivity contribution in [3.8, 4) is 0 Å². The van der Waals surface area contributed by atoms with Gasteiger partial charge in [-0.2, -0.15) is 0 Å². The van der Waals surface area contributed by atoms with Crippen LogP contribution in [0.1, 0.15) is 44.9 Å². The maximum Gasteiger partial charge on any atom is 0.227 e. The summed E-state index contributed by atoms with van der Waals surface area (Å²) in [5, 5.41) is 2.78. The first kappa shape index (κ1) is 13.6. The maximum atomic E-state index is 12.5. The minimum atomic E-state index is -0.128. The Bertz CT molecular complexity index is 438. The van der Waals surface area contributed by atoms with E-state index in [9.17, 15) is 9.59 Å². The number of nitrogens with zero attached hydrogens (tertiary/aromatic N) is 1. The van der Waals surface area contributed by atoms with Crippen molar-refractivity contribution < 1.29 is 9.59 Å². The van der Waals surface area contributed by atoms with Crippen LogP contribution < -0.4 is 5.32 Å². The third-order valence-electron chi connectivity index (χ3n) is 6.44. The van der Waals surface area contributed by atoms with Crippen LogP contribution in [0.2, 0.25) is 0 Å². The average molecular weight is 290 g/mol. The van der Waals surface area contributed by atoms with Gasteiger partial charge in [0.05, 0.1) is 5.92 Å². The van der Waals surface area contributed by atoms with E-state index in [1.165, 1.54) is 38.5 Å². The zero-order chi connectivity index (χ0) is 14.6. The molecule has 1 unspecified atom stereocenters. The summed E-state index contributed by atoms with van der Waals surface area (Å²) >= 11 is 0. The Morgan fingerprint density at radius 1 is 1.19 bits per heavy atom. The monoisotopic (exact) mass is 290 g/mol. The smallest absolute Gasteiger partial charge is 0.227 e. The van der Waals surface area contributed by atoms with E-state index in [-0.39, 0.29) is 17.7 Å². The number of amides is 2. The molecule has 1 aliphatic heterocycles. The van der Waals surface area contributed by atoms with Gasteiger partial charge in [0, 0.05) is 26.6 Å². The molecule has 0 aromatic heterocycles. The van der Waals surface area contributed by atoms with E-state index in [0.29, 0.717) is 18.4 Å². The van der Waals surface area contributed by atoms with Crippen LogP contribution in [0.25, 0.3) is 0 Å². The lowest BCUT2D eigenvalue weighted by Crippen LogP contribution is -2.52. The Labute approximate surface area is 126 Å². The topological polar surface area (TPSA) is 49.4 Å². The summed E-state index contributed by atoms with van der Waals surface area (Å²) in [7, 11) is 1.95. The maximum absolute atomic E-state index is 12.5. The first-order chi connectivity index (χ1) is 10.0. The van der Waals surface area contributed by atoms with Crippen LogP contribution in [0.15, 0.2) is 0 Å². The quantitative estimate of drug-likeness (QED) is 0.861. The Morgan fingerprint density at radius 2 is 1.76 bits per heavy atom. The summed E-state index contributed by atoms with van der Waals surface area (Å²) in [6.07, 6.45) is 8.70. The van der Waals surface area contributed by atoms with Crippen molar-refractivity contribution in [1.29, 1.82) is 0 Å². The van der Waals surface area contributed by atoms with Gasteiger partial charge in [0.25, 0.3) is 0 Å². The number of nitrogens with one attached hydrogen (secondary N) is 1. The molecule has 1 atom stereocenters. The zero-order valence-corrected chi connectivity index (χ0v) is 12.9. The van der Waals surface area contributed by atoms with Gasteiger partial charge >= 0.3 is 0 Å². The Morgan fingerprint density at radius 3 is 2.24 bits per heavy atom. The van der Waals surface area contributed by atoms with Gasteiger partial charge in [0.15, 0.2) is 0 Å². The van der Waals surface area contributed by atoms with Crippen LogP contribution in [0.4, 0.5) is 0 Å². The van der Waals surface area contributed by atoms with E-state index >= 15 is 0 Å². The van der Waals surface area contributed by atoms with Crippen LogP contribution in [0.3, 0.4) is 0 Å². The van der Waals surface area contributed by atoms with Crippen LogP contribution >= 0.6 is 0 Å². The molecule has 4 heteroatoms. The molecule has 5 fully saturated rings. The molecule has 2 amide bonds. The average Bonchev–Trinajstić information content (AvgIpc) is 2.82. The normalized spacial score (nSPS) is 44.0. The van der Waals surface area contributed by atoms with Gasteiger partial charge in [-0.1, -0.05) is 0 Å². The molecule has 4 saturated carbocycles. The second-order valence-corrected chi connectivity index (χ2v) is 8.32. The lowest BCUT2D eigenvalue weighted by Gasteiger charge is -2.57. The van der Waals surface area contributed by atoms with Crippen molar-refractivity contribution in [1.82, 2.24) is 10.2 Å². The van der Waals surface area contributed by atoms with Gasteiger partial charge in [0.1, 0.15) is 0 Å². The number of carbonyl (C=O) groups is 2. The molecule has 4 bridgehead atoms. The molecule has 21 heavy (non-hydrogen) atoms. The summed E-state index contributed by atoms with van der Waals surface area (Å²) in [5.41, 5.74) is 0.398. The third-order valence-corrected chi connectivity index (χ3v) is 6.44. The van der Waals surface area contributed by atoms with E-state index in [2.05, 4.69) is 5.32 Å². The molecular formula is C17H26N2O2. The second-order valence-electron chi connectivity index (χ2n) is 8.32. The first-order valence-electron chi connectivity index (χ1n) is 8.55. The standard InChI is InChI=1S/C17H26N2O2/c1-19(16(21)14-5-15(20)18-9-14)10-17-6-11-2-12(7-17)4-13(3-11)8-17/h11-14H,2-10H2,1H3,(H,18,20). The molecule has 0 aromatic rings. The van der Waals surface area contributed by atoms with Crippen molar-refractivity contribution in [2.75, 3.05) is 20.1 Å². The fourth-order valence-corrected chi connectivity index (χ4v) is 6.16. The van der Waals surface area contributed by atoms with Gasteiger partial charge < -0.3 is 10.2 Å². The van der Waals surface area contributed by atoms with Crippen molar-refractivity contribution in [3.63, 3.8) is 0 Å². The number of carbonyl (C=O) groups excluding carboxylic acids is 2. The minimum absolute atomic E-state index is 0.0246. The summed E-state index contributed by atoms with van der Waals surface area (Å²) in [6.45, 7) is 1.45. The highest BCUT2D eigenvalue weighted by Gasteiger charge is 2.51. The Balaban J connectivity index is 1.43. The fraction of sp³-hybridized carbons (Fsp3) is 0.882. The number of hydrogen-bond donors (Lipinski definition) is 1. The largest absolute Gasteiger partial charge is 0.355 e. The predicted molar refractivity (Wildman–Crippen MR) is 79.4 cm³/mol. The van der Waals surface area contributed by atoms with E-state index in [1.54, 1.807) is 0 Å². The van der Waals surface area contributed by atoms with Crippen LogP contribution in [-0.4, -0.2) is 36.9 Å². The lowest BCUT2D eigenvalue weighted by atomic mass is 9.49. The third kappa shape index (κ3) is 2.36. The first-order valence-corrected chi connectivity index (χ1v) is 8.55. The molecule has 0 radical (unpaired) electrons. The Hall–Kier alpha value is -1.06. The Kier molecular flexibility index (Phi) is 3.05. The van der Waals surface area contributed by atoms with E-state index in [0.717, 1.165) is 24.3 Å². The molecule has 4 nitrogen and oxygen atoms in total. The molecule has 0 aromatic carbocycles. The molecule has 5 rings (SSSR count). The van der Waals surface area contributed by atoms with Gasteiger partial charge in [0.2, 0.25) is 11.8 Å². The van der Waals surface area contributed by atoms with E-state index in [4.69, 9.17) is 0 Å². The highest BCUT2D eigenvalue weighted by atomic mass is 16.2. The molecule has 0 spiro atoms.